The molecule has 0 saturated heterocycles. The van der Waals surface area contributed by atoms with Crippen LogP contribution in [-0.4, -0.2) is 33.6 Å². The Kier molecular flexibility index (Phi) is 7.91. The van der Waals surface area contributed by atoms with Crippen molar-refractivity contribution in [1.29, 1.82) is 0 Å². The number of carbonyl (C=O) groups excluding carboxylic acids is 1. The number of fused-ring (bicyclic) bond motifs is 1. The van der Waals surface area contributed by atoms with E-state index >= 15 is 0 Å². The minimum absolute atomic E-state index is 0.00118. The molecule has 0 aromatic heterocycles. The quantitative estimate of drug-likeness (QED) is 0.321. The summed E-state index contributed by atoms with van der Waals surface area (Å²) in [4.78, 5) is 11.3. The molecule has 0 unspecified atom stereocenters. The van der Waals surface area contributed by atoms with Crippen LogP contribution in [0.2, 0.25) is 0 Å². The third-order valence-electron chi connectivity index (χ3n) is 6.47. The van der Waals surface area contributed by atoms with Gasteiger partial charge in [-0.1, -0.05) is 26.0 Å². The summed E-state index contributed by atoms with van der Waals surface area (Å²) in [7, 11) is -4.66. The number of rotatable bonds is 8. The summed E-state index contributed by atoms with van der Waals surface area (Å²) >= 11 is 0. The normalized spacial score (nSPS) is 15.8. The molecule has 0 aliphatic carbocycles. The Morgan fingerprint density at radius 3 is 2.41 bits per heavy atom. The predicted molar refractivity (Wildman–Crippen MR) is 136 cm³/mol. The molecule has 1 amide bonds. The number of nitrogens with zero attached hydrogens (tertiary/aromatic N) is 1. The van der Waals surface area contributed by atoms with Crippen LogP contribution in [0.1, 0.15) is 25.8 Å². The monoisotopic (exact) mass is 602 g/mol. The van der Waals surface area contributed by atoms with E-state index in [9.17, 15) is 39.6 Å². The standard InChI is InChI=1S/C27H24F6N2O5S/c1-26(2,24(34)36)13-20-14-35(41(37,38)21-5-3-4-17(11-21)27(31,32)33)22-10-15(6-7-23(22)39-20)16-8-18(28)12-19(9-16)40-25(29)30/h3-12,20,25H,13-14H2,1-2H3,(H2,34,36)/t20-/m0/s1. The van der Waals surface area contributed by atoms with E-state index in [1.165, 1.54) is 32.0 Å². The van der Waals surface area contributed by atoms with Crippen molar-refractivity contribution in [2.75, 3.05) is 10.8 Å². The number of primary amides is 1. The lowest BCUT2D eigenvalue weighted by molar-refractivity contribution is -0.137. The third kappa shape index (κ3) is 6.53. The highest BCUT2D eigenvalue weighted by atomic mass is 32.2. The first-order chi connectivity index (χ1) is 19.0. The van der Waals surface area contributed by atoms with Crippen molar-refractivity contribution in [2.24, 2.45) is 11.1 Å². The van der Waals surface area contributed by atoms with Gasteiger partial charge in [0.25, 0.3) is 10.0 Å². The smallest absolute Gasteiger partial charge is 0.416 e. The van der Waals surface area contributed by atoms with E-state index in [4.69, 9.17) is 10.5 Å². The number of carbonyl (C=O) groups is 1. The Balaban J connectivity index is 1.84. The van der Waals surface area contributed by atoms with E-state index in [0.29, 0.717) is 6.07 Å². The van der Waals surface area contributed by atoms with Gasteiger partial charge in [-0.25, -0.2) is 12.8 Å². The van der Waals surface area contributed by atoms with Gasteiger partial charge in [-0.05, 0) is 60.0 Å². The number of alkyl halides is 5. The van der Waals surface area contributed by atoms with Crippen molar-refractivity contribution in [3.05, 3.63) is 72.0 Å². The number of amides is 1. The summed E-state index contributed by atoms with van der Waals surface area (Å²) in [5, 5.41) is 0. The number of hydrogen-bond acceptors (Lipinski definition) is 5. The first-order valence-electron chi connectivity index (χ1n) is 12.0. The first-order valence-corrected chi connectivity index (χ1v) is 13.5. The molecule has 0 fully saturated rings. The van der Waals surface area contributed by atoms with Gasteiger partial charge in [0.05, 0.1) is 22.7 Å². The highest BCUT2D eigenvalue weighted by Crippen LogP contribution is 2.42. The molecule has 4 rings (SSSR count). The average Bonchev–Trinajstić information content (AvgIpc) is 2.86. The van der Waals surface area contributed by atoms with Gasteiger partial charge in [-0.15, -0.1) is 0 Å². The fourth-order valence-electron chi connectivity index (χ4n) is 4.36. The molecule has 1 atom stereocenters. The summed E-state index contributed by atoms with van der Waals surface area (Å²) in [5.74, 6) is -2.07. The number of benzene rings is 3. The molecule has 3 aromatic carbocycles. The Labute approximate surface area is 231 Å². The summed E-state index contributed by atoms with van der Waals surface area (Å²) in [6, 6.07) is 10.1. The lowest BCUT2D eigenvalue weighted by atomic mass is 9.85. The van der Waals surface area contributed by atoms with Gasteiger partial charge >= 0.3 is 12.8 Å². The number of ether oxygens (including phenoxy) is 2. The maximum absolute atomic E-state index is 14.2. The molecule has 3 aromatic rings. The van der Waals surface area contributed by atoms with Crippen molar-refractivity contribution in [3.63, 3.8) is 0 Å². The number of hydrogen-bond donors (Lipinski definition) is 1. The second-order valence-corrected chi connectivity index (χ2v) is 11.9. The van der Waals surface area contributed by atoms with Gasteiger partial charge < -0.3 is 15.2 Å². The molecule has 1 aliphatic heterocycles. The van der Waals surface area contributed by atoms with Crippen molar-refractivity contribution >= 4 is 21.6 Å². The van der Waals surface area contributed by atoms with Crippen LogP contribution in [0.25, 0.3) is 11.1 Å². The van der Waals surface area contributed by atoms with Crippen LogP contribution in [0.4, 0.5) is 32.0 Å². The zero-order valence-corrected chi connectivity index (χ0v) is 22.4. The SMILES string of the molecule is CC(C)(C[C@H]1CN(S(=O)(=O)c2cccc(C(F)(F)F)c2)c2cc(-c3cc(F)cc(OC(F)F)c3)ccc2O1)C(N)=O. The van der Waals surface area contributed by atoms with Gasteiger partial charge in [-0.2, -0.15) is 22.0 Å². The van der Waals surface area contributed by atoms with Crippen LogP contribution in [0.3, 0.4) is 0 Å². The molecule has 1 aliphatic rings. The summed E-state index contributed by atoms with van der Waals surface area (Å²) in [5.41, 5.74) is 3.28. The number of nitrogens with two attached hydrogens (primary N) is 1. The fraction of sp³-hybridized carbons (Fsp3) is 0.296. The van der Waals surface area contributed by atoms with Crippen LogP contribution in [-0.2, 0) is 21.0 Å². The molecule has 0 bridgehead atoms. The Morgan fingerprint density at radius 2 is 1.78 bits per heavy atom. The van der Waals surface area contributed by atoms with Gasteiger partial charge in [0.15, 0.2) is 0 Å². The van der Waals surface area contributed by atoms with E-state index in [2.05, 4.69) is 4.74 Å². The van der Waals surface area contributed by atoms with Crippen LogP contribution in [0.5, 0.6) is 11.5 Å². The van der Waals surface area contributed by atoms with E-state index in [-0.39, 0.29) is 29.0 Å². The summed E-state index contributed by atoms with van der Waals surface area (Å²) in [6.45, 7) is -0.566. The van der Waals surface area contributed by atoms with Crippen molar-refractivity contribution < 1.29 is 49.0 Å². The molecule has 1 heterocycles. The maximum atomic E-state index is 14.2. The average molecular weight is 603 g/mol. The summed E-state index contributed by atoms with van der Waals surface area (Å²) < 4.78 is 119. The van der Waals surface area contributed by atoms with E-state index in [1.807, 2.05) is 0 Å². The first kappa shape index (κ1) is 30.0. The minimum Gasteiger partial charge on any atom is -0.486 e. The van der Waals surface area contributed by atoms with E-state index in [0.717, 1.165) is 40.7 Å². The minimum atomic E-state index is -4.81. The fourth-order valence-corrected chi connectivity index (χ4v) is 5.90. The van der Waals surface area contributed by atoms with Gasteiger partial charge in [0.2, 0.25) is 5.91 Å². The van der Waals surface area contributed by atoms with Crippen LogP contribution >= 0.6 is 0 Å². The summed E-state index contributed by atoms with van der Waals surface area (Å²) in [6.07, 6.45) is -5.78. The van der Waals surface area contributed by atoms with Crippen LogP contribution in [0.15, 0.2) is 65.6 Å². The Hall–Kier alpha value is -3.94. The van der Waals surface area contributed by atoms with Gasteiger partial charge in [-0.3, -0.25) is 9.10 Å². The second kappa shape index (κ2) is 10.8. The Bertz CT molecular complexity index is 1580. The number of anilines is 1. The molecular weight excluding hydrogens is 578 g/mol. The second-order valence-electron chi connectivity index (χ2n) is 9.99. The zero-order chi connectivity index (χ0) is 30.3. The van der Waals surface area contributed by atoms with E-state index in [1.54, 1.807) is 0 Å². The highest BCUT2D eigenvalue weighted by molar-refractivity contribution is 7.92. The number of halogens is 6. The predicted octanol–water partition coefficient (Wildman–Crippen LogP) is 5.97. The van der Waals surface area contributed by atoms with Crippen molar-refractivity contribution in [1.82, 2.24) is 0 Å². The van der Waals surface area contributed by atoms with Gasteiger partial charge in [0, 0.05) is 11.5 Å². The molecule has 7 nitrogen and oxygen atoms in total. The molecule has 0 saturated carbocycles. The molecule has 41 heavy (non-hydrogen) atoms. The zero-order valence-electron chi connectivity index (χ0n) is 21.6. The lowest BCUT2D eigenvalue weighted by Crippen LogP contribution is -2.47. The largest absolute Gasteiger partial charge is 0.486 e. The Morgan fingerprint density at radius 1 is 1.07 bits per heavy atom. The number of sulfonamides is 1. The van der Waals surface area contributed by atoms with Crippen molar-refractivity contribution in [2.45, 2.75) is 44.1 Å². The lowest BCUT2D eigenvalue weighted by Gasteiger charge is -2.38. The molecular formula is C27H24F6N2O5S. The molecule has 0 radical (unpaired) electrons. The van der Waals surface area contributed by atoms with E-state index < -0.39 is 68.8 Å². The van der Waals surface area contributed by atoms with Crippen LogP contribution in [0, 0.1) is 11.2 Å². The maximum Gasteiger partial charge on any atom is 0.416 e. The van der Waals surface area contributed by atoms with Crippen LogP contribution < -0.4 is 19.5 Å². The van der Waals surface area contributed by atoms with Crippen molar-refractivity contribution in [3.8, 4) is 22.6 Å². The van der Waals surface area contributed by atoms with Gasteiger partial charge in [0.1, 0.15) is 23.4 Å². The molecule has 0 spiro atoms. The molecule has 2 N–H and O–H groups in total. The highest BCUT2D eigenvalue weighted by Gasteiger charge is 2.40. The molecule has 220 valence electrons. The molecule has 14 heteroatoms. The topological polar surface area (TPSA) is 98.9 Å². The third-order valence-corrected chi connectivity index (χ3v) is 8.25.